The fraction of sp³-hybridized carbons (Fsp3) is 0.200. The summed E-state index contributed by atoms with van der Waals surface area (Å²) in [5.41, 5.74) is 3.28. The molecule has 0 spiro atoms. The van der Waals surface area contributed by atoms with E-state index in [0.29, 0.717) is 0 Å². The molecule has 0 aromatic carbocycles. The van der Waals surface area contributed by atoms with E-state index in [-0.39, 0.29) is 0 Å². The minimum atomic E-state index is 0.997. The Labute approximate surface area is 83.0 Å². The average Bonchev–Trinajstić information content (AvgIpc) is 2.42. The molecule has 0 aromatic rings. The number of nitrogens with zero attached hydrogens (tertiary/aromatic N) is 3. The summed E-state index contributed by atoms with van der Waals surface area (Å²) in [6, 6.07) is 0. The van der Waals surface area contributed by atoms with Crippen molar-refractivity contribution in [2.24, 2.45) is 0 Å². The van der Waals surface area contributed by atoms with E-state index in [4.69, 9.17) is 0 Å². The van der Waals surface area contributed by atoms with Crippen LogP contribution in [0.25, 0.3) is 0 Å². The van der Waals surface area contributed by atoms with Crippen molar-refractivity contribution < 1.29 is 0 Å². The molecular weight excluding hydrogens is 176 g/mol. The monoisotopic (exact) mass is 188 g/mol. The first-order valence-electron chi connectivity index (χ1n) is 4.79. The number of hydrogen-bond donors (Lipinski definition) is 1. The molecule has 0 bridgehead atoms. The molecule has 0 aliphatic carbocycles. The molecular formula is C10H12N4. The zero-order valence-electron chi connectivity index (χ0n) is 7.80. The summed E-state index contributed by atoms with van der Waals surface area (Å²) < 4.78 is 0. The second-order valence-electron chi connectivity index (χ2n) is 3.37. The highest BCUT2D eigenvalue weighted by molar-refractivity contribution is 5.20. The van der Waals surface area contributed by atoms with E-state index < -0.39 is 0 Å². The van der Waals surface area contributed by atoms with E-state index in [1.54, 1.807) is 0 Å². The summed E-state index contributed by atoms with van der Waals surface area (Å²) >= 11 is 0. The standard InChI is InChI=1S/C10H12N4/c1-2-6-10-12(7-3-1)11-14-9-5-4-8-13(10)14/h1-2,4-6,8-9,11H,3,7H2. The number of nitrogens with one attached hydrogen (secondary N) is 1. The molecule has 4 heteroatoms. The van der Waals surface area contributed by atoms with Crippen molar-refractivity contribution in [3.8, 4) is 0 Å². The van der Waals surface area contributed by atoms with Gasteiger partial charge < -0.3 is 0 Å². The Kier molecular flexibility index (Phi) is 1.61. The van der Waals surface area contributed by atoms with Crippen LogP contribution in [0.4, 0.5) is 0 Å². The Balaban J connectivity index is 1.96. The summed E-state index contributed by atoms with van der Waals surface area (Å²) in [6.45, 7) is 0.997. The molecule has 1 saturated heterocycles. The van der Waals surface area contributed by atoms with Gasteiger partial charge in [0.2, 0.25) is 0 Å². The lowest BCUT2D eigenvalue weighted by Crippen LogP contribution is -2.39. The lowest BCUT2D eigenvalue weighted by atomic mass is 10.4. The average molecular weight is 188 g/mol. The van der Waals surface area contributed by atoms with Gasteiger partial charge in [-0.1, -0.05) is 12.2 Å². The zero-order chi connectivity index (χ0) is 9.38. The van der Waals surface area contributed by atoms with Crippen molar-refractivity contribution >= 4 is 0 Å². The maximum Gasteiger partial charge on any atom is 0.145 e. The second kappa shape index (κ2) is 2.92. The van der Waals surface area contributed by atoms with Gasteiger partial charge in [0, 0.05) is 18.9 Å². The molecule has 0 radical (unpaired) electrons. The van der Waals surface area contributed by atoms with Crippen LogP contribution in [0.1, 0.15) is 6.42 Å². The van der Waals surface area contributed by atoms with Crippen molar-refractivity contribution in [2.75, 3.05) is 6.54 Å². The SMILES string of the molecule is C1=CCCN2NN3C=CC=CN3C2=C1. The van der Waals surface area contributed by atoms with Gasteiger partial charge in [0.25, 0.3) is 0 Å². The van der Waals surface area contributed by atoms with Gasteiger partial charge in [-0.15, -0.1) is 5.53 Å². The molecule has 14 heavy (non-hydrogen) atoms. The first-order valence-corrected chi connectivity index (χ1v) is 4.79. The molecule has 72 valence electrons. The summed E-state index contributed by atoms with van der Waals surface area (Å²) in [5, 5.41) is 6.18. The van der Waals surface area contributed by atoms with Crippen LogP contribution in [0.3, 0.4) is 0 Å². The van der Waals surface area contributed by atoms with Crippen LogP contribution in [0.5, 0.6) is 0 Å². The lowest BCUT2D eigenvalue weighted by Gasteiger charge is -2.23. The zero-order valence-corrected chi connectivity index (χ0v) is 7.80. The van der Waals surface area contributed by atoms with E-state index in [9.17, 15) is 0 Å². The van der Waals surface area contributed by atoms with E-state index in [1.807, 2.05) is 29.7 Å². The van der Waals surface area contributed by atoms with Crippen LogP contribution >= 0.6 is 0 Å². The molecule has 1 fully saturated rings. The Morgan fingerprint density at radius 3 is 3.07 bits per heavy atom. The van der Waals surface area contributed by atoms with E-state index in [1.165, 1.54) is 5.82 Å². The molecule has 4 nitrogen and oxygen atoms in total. The number of fused-ring (bicyclic) bond motifs is 3. The first kappa shape index (κ1) is 7.70. The van der Waals surface area contributed by atoms with E-state index in [2.05, 4.69) is 33.8 Å². The summed E-state index contributed by atoms with van der Waals surface area (Å²) in [4.78, 5) is 0. The predicted molar refractivity (Wildman–Crippen MR) is 53.6 cm³/mol. The molecule has 3 aliphatic rings. The van der Waals surface area contributed by atoms with E-state index in [0.717, 1.165) is 13.0 Å². The second-order valence-corrected chi connectivity index (χ2v) is 3.37. The van der Waals surface area contributed by atoms with Gasteiger partial charge in [-0.3, -0.25) is 5.01 Å². The normalized spacial score (nSPS) is 23.4. The fourth-order valence-corrected chi connectivity index (χ4v) is 1.76. The molecule has 1 N–H and O–H groups in total. The minimum absolute atomic E-state index is 0.997. The van der Waals surface area contributed by atoms with Crippen LogP contribution in [0.2, 0.25) is 0 Å². The van der Waals surface area contributed by atoms with Gasteiger partial charge in [0.1, 0.15) is 5.82 Å². The van der Waals surface area contributed by atoms with Crippen LogP contribution in [0, 0.1) is 0 Å². The number of hydrogen-bond acceptors (Lipinski definition) is 4. The lowest BCUT2D eigenvalue weighted by molar-refractivity contribution is 0.0794. The van der Waals surface area contributed by atoms with Gasteiger partial charge in [0.05, 0.1) is 0 Å². The van der Waals surface area contributed by atoms with Crippen molar-refractivity contribution in [2.45, 2.75) is 6.42 Å². The van der Waals surface area contributed by atoms with Crippen molar-refractivity contribution in [1.29, 1.82) is 0 Å². The molecule has 0 saturated carbocycles. The minimum Gasteiger partial charge on any atom is -0.272 e. The number of hydrazine groups is 3. The molecule has 0 atom stereocenters. The van der Waals surface area contributed by atoms with Crippen LogP contribution in [-0.2, 0) is 0 Å². The topological polar surface area (TPSA) is 21.8 Å². The quantitative estimate of drug-likeness (QED) is 0.614. The van der Waals surface area contributed by atoms with Gasteiger partial charge in [-0.25, -0.2) is 10.1 Å². The Morgan fingerprint density at radius 1 is 1.14 bits per heavy atom. The van der Waals surface area contributed by atoms with Gasteiger partial charge in [0.15, 0.2) is 0 Å². The van der Waals surface area contributed by atoms with E-state index >= 15 is 0 Å². The highest BCUT2D eigenvalue weighted by Gasteiger charge is 2.29. The highest BCUT2D eigenvalue weighted by atomic mass is 16.0. The molecule has 3 heterocycles. The van der Waals surface area contributed by atoms with Crippen molar-refractivity contribution in [3.63, 3.8) is 0 Å². The number of rotatable bonds is 0. The molecule has 3 rings (SSSR count). The van der Waals surface area contributed by atoms with Crippen molar-refractivity contribution in [3.05, 3.63) is 48.6 Å². The van der Waals surface area contributed by atoms with Gasteiger partial charge in [-0.05, 0) is 24.6 Å². The molecule has 0 amide bonds. The smallest absolute Gasteiger partial charge is 0.145 e. The maximum absolute atomic E-state index is 3.28. The maximum atomic E-state index is 3.28. The third-order valence-corrected chi connectivity index (χ3v) is 2.43. The van der Waals surface area contributed by atoms with Crippen molar-refractivity contribution in [1.82, 2.24) is 20.7 Å². The van der Waals surface area contributed by atoms with Crippen LogP contribution < -0.4 is 5.53 Å². The Hall–Kier alpha value is -1.68. The largest absolute Gasteiger partial charge is 0.272 e. The highest BCUT2D eigenvalue weighted by Crippen LogP contribution is 2.23. The van der Waals surface area contributed by atoms with Gasteiger partial charge in [-0.2, -0.15) is 0 Å². The summed E-state index contributed by atoms with van der Waals surface area (Å²) in [6.07, 6.45) is 15.5. The van der Waals surface area contributed by atoms with Crippen LogP contribution in [0.15, 0.2) is 48.6 Å². The molecule has 3 aliphatic heterocycles. The Morgan fingerprint density at radius 2 is 2.07 bits per heavy atom. The predicted octanol–water partition coefficient (Wildman–Crippen LogP) is 1.08. The third-order valence-electron chi connectivity index (χ3n) is 2.43. The first-order chi connectivity index (χ1) is 6.95. The summed E-state index contributed by atoms with van der Waals surface area (Å²) in [5.74, 6) is 1.17. The third kappa shape index (κ3) is 1.04. The summed E-state index contributed by atoms with van der Waals surface area (Å²) in [7, 11) is 0. The fourth-order valence-electron chi connectivity index (χ4n) is 1.76. The Bertz CT molecular complexity index is 353. The van der Waals surface area contributed by atoms with Crippen LogP contribution in [-0.4, -0.2) is 21.7 Å². The molecule has 0 aromatic heterocycles. The molecule has 0 unspecified atom stereocenters. The van der Waals surface area contributed by atoms with Gasteiger partial charge >= 0.3 is 0 Å². The number of allylic oxidation sites excluding steroid dienone is 4.